The molecule has 7 nitrogen and oxygen atoms in total. The average molecular weight is 464 g/mol. The first-order chi connectivity index (χ1) is 16.1. The molecule has 0 unspecified atom stereocenters. The topological polar surface area (TPSA) is 85.4 Å². The molecule has 168 valence electrons. The Hall–Kier alpha value is -3.84. The van der Waals surface area contributed by atoms with Crippen LogP contribution in [-0.2, 0) is 11.3 Å². The summed E-state index contributed by atoms with van der Waals surface area (Å²) in [6, 6.07) is 21.9. The van der Waals surface area contributed by atoms with E-state index in [0.717, 1.165) is 11.1 Å². The first-order valence-electron chi connectivity index (χ1n) is 10.4. The Morgan fingerprint density at radius 1 is 0.970 bits per heavy atom. The smallest absolute Gasteiger partial charge is 0.302 e. The lowest BCUT2D eigenvalue weighted by atomic mass is 10.2. The molecule has 8 heteroatoms. The third-order valence-corrected chi connectivity index (χ3v) is 5.33. The van der Waals surface area contributed by atoms with Gasteiger partial charge in [0, 0.05) is 10.4 Å². The maximum atomic E-state index is 12.3. The molecule has 1 aromatic heterocycles. The van der Waals surface area contributed by atoms with Gasteiger partial charge in [-0.15, -0.1) is 10.2 Å². The lowest BCUT2D eigenvalue weighted by molar-refractivity contribution is -0.120. The van der Waals surface area contributed by atoms with Crippen LogP contribution in [0.5, 0.6) is 17.4 Å². The standard InChI is InChI=1S/C25H22ClN3O4/c1-2-32-21-13-7-8-14-22(21)33-16-23(30)27-28-24-18-10-4-6-12-20(18)29(25(24)31)15-17-9-3-5-11-19(17)26/h3-14,31H,2,15-16H2,1H3. The van der Waals surface area contributed by atoms with Crippen LogP contribution < -0.4 is 9.47 Å². The number of hydrogen-bond acceptors (Lipinski definition) is 5. The minimum Gasteiger partial charge on any atom is -0.493 e. The Kier molecular flexibility index (Phi) is 6.90. The van der Waals surface area contributed by atoms with Crippen molar-refractivity contribution < 1.29 is 19.4 Å². The minimum absolute atomic E-state index is 0.102. The first-order valence-corrected chi connectivity index (χ1v) is 10.8. The number of carbonyl (C=O) groups excluding carboxylic acids is 1. The highest BCUT2D eigenvalue weighted by Crippen LogP contribution is 2.39. The zero-order valence-corrected chi connectivity index (χ0v) is 18.7. The molecule has 0 saturated carbocycles. The Balaban J connectivity index is 1.56. The number of amides is 1. The van der Waals surface area contributed by atoms with Gasteiger partial charge in [-0.05, 0) is 36.8 Å². The van der Waals surface area contributed by atoms with Gasteiger partial charge in [-0.3, -0.25) is 4.79 Å². The molecule has 0 aliphatic rings. The third kappa shape index (κ3) is 4.99. The van der Waals surface area contributed by atoms with Crippen molar-refractivity contribution in [3.63, 3.8) is 0 Å². The Bertz CT molecular complexity index is 1320. The molecule has 0 bridgehead atoms. The van der Waals surface area contributed by atoms with Gasteiger partial charge in [0.1, 0.15) is 0 Å². The monoisotopic (exact) mass is 463 g/mol. The van der Waals surface area contributed by atoms with Crippen molar-refractivity contribution in [1.29, 1.82) is 0 Å². The van der Waals surface area contributed by atoms with E-state index < -0.39 is 5.91 Å². The molecular formula is C25H22ClN3O4. The van der Waals surface area contributed by atoms with Crippen molar-refractivity contribution >= 4 is 34.1 Å². The first kappa shape index (κ1) is 22.4. The predicted molar refractivity (Wildman–Crippen MR) is 127 cm³/mol. The third-order valence-electron chi connectivity index (χ3n) is 4.97. The van der Waals surface area contributed by atoms with Crippen LogP contribution in [0.4, 0.5) is 5.69 Å². The van der Waals surface area contributed by atoms with E-state index in [1.807, 2.05) is 55.5 Å². The molecule has 1 N–H and O–H groups in total. The predicted octanol–water partition coefficient (Wildman–Crippen LogP) is 6.14. The average Bonchev–Trinajstić information content (AvgIpc) is 3.09. The molecule has 33 heavy (non-hydrogen) atoms. The number of nitrogens with zero attached hydrogens (tertiary/aromatic N) is 3. The summed E-state index contributed by atoms with van der Waals surface area (Å²) in [5, 5.41) is 20.0. The van der Waals surface area contributed by atoms with Gasteiger partial charge in [0.25, 0.3) is 0 Å². The summed E-state index contributed by atoms with van der Waals surface area (Å²) in [5.74, 6) is 0.297. The number of benzene rings is 3. The van der Waals surface area contributed by atoms with Crippen LogP contribution in [0, 0.1) is 0 Å². The summed E-state index contributed by atoms with van der Waals surface area (Å²) in [4.78, 5) is 12.3. The normalized spacial score (nSPS) is 11.2. The Labute approximate surface area is 195 Å². The fraction of sp³-hybridized carbons (Fsp3) is 0.160. The molecule has 3 aromatic carbocycles. The maximum Gasteiger partial charge on any atom is 0.302 e. The van der Waals surface area contributed by atoms with Crippen molar-refractivity contribution in [2.24, 2.45) is 10.2 Å². The van der Waals surface area contributed by atoms with Crippen LogP contribution in [0.15, 0.2) is 83.0 Å². The van der Waals surface area contributed by atoms with E-state index in [1.165, 1.54) is 0 Å². The number of azo groups is 1. The summed E-state index contributed by atoms with van der Waals surface area (Å²) in [6.45, 7) is 2.37. The van der Waals surface area contributed by atoms with Crippen molar-refractivity contribution in [3.05, 3.63) is 83.4 Å². The SMILES string of the molecule is CCOc1ccccc1OCC(=O)N=Nc1c(O)n(Cc2ccccc2Cl)c2ccccc12. The molecule has 4 rings (SSSR count). The number of aromatic hydroxyl groups is 1. The van der Waals surface area contributed by atoms with Gasteiger partial charge in [-0.1, -0.05) is 60.1 Å². The van der Waals surface area contributed by atoms with Crippen LogP contribution >= 0.6 is 11.6 Å². The molecule has 0 aliphatic carbocycles. The number of aromatic nitrogens is 1. The molecule has 1 heterocycles. The number of rotatable bonds is 8. The molecule has 0 aliphatic heterocycles. The lowest BCUT2D eigenvalue weighted by Crippen LogP contribution is -2.09. The molecular weight excluding hydrogens is 442 g/mol. The molecule has 0 radical (unpaired) electrons. The second kappa shape index (κ2) is 10.2. The van der Waals surface area contributed by atoms with E-state index in [1.54, 1.807) is 28.8 Å². The Morgan fingerprint density at radius 2 is 1.64 bits per heavy atom. The fourth-order valence-corrected chi connectivity index (χ4v) is 3.64. The van der Waals surface area contributed by atoms with Crippen molar-refractivity contribution in [1.82, 2.24) is 4.57 Å². The molecule has 0 fully saturated rings. The number of carbonyl (C=O) groups is 1. The lowest BCUT2D eigenvalue weighted by Gasteiger charge is -2.09. The Morgan fingerprint density at radius 3 is 2.39 bits per heavy atom. The second-order valence-electron chi connectivity index (χ2n) is 7.13. The zero-order chi connectivity index (χ0) is 23.2. The van der Waals surface area contributed by atoms with Crippen LogP contribution in [0.1, 0.15) is 12.5 Å². The largest absolute Gasteiger partial charge is 0.493 e. The van der Waals surface area contributed by atoms with Gasteiger partial charge in [0.2, 0.25) is 5.88 Å². The highest BCUT2D eigenvalue weighted by atomic mass is 35.5. The van der Waals surface area contributed by atoms with Crippen LogP contribution in [0.3, 0.4) is 0 Å². The molecule has 0 spiro atoms. The fourth-order valence-electron chi connectivity index (χ4n) is 3.45. The highest BCUT2D eigenvalue weighted by Gasteiger charge is 2.18. The summed E-state index contributed by atoms with van der Waals surface area (Å²) in [6.07, 6.45) is 0. The number of fused-ring (bicyclic) bond motifs is 1. The quantitative estimate of drug-likeness (QED) is 0.318. The van der Waals surface area contributed by atoms with Gasteiger partial charge in [-0.2, -0.15) is 0 Å². The van der Waals surface area contributed by atoms with Crippen molar-refractivity contribution in [2.45, 2.75) is 13.5 Å². The van der Waals surface area contributed by atoms with E-state index in [2.05, 4.69) is 10.2 Å². The van der Waals surface area contributed by atoms with Gasteiger partial charge in [-0.25, -0.2) is 0 Å². The van der Waals surface area contributed by atoms with E-state index in [9.17, 15) is 9.90 Å². The molecule has 0 saturated heterocycles. The van der Waals surface area contributed by atoms with Gasteiger partial charge >= 0.3 is 5.91 Å². The number of hydrogen-bond donors (Lipinski definition) is 1. The molecule has 1 amide bonds. The van der Waals surface area contributed by atoms with Crippen molar-refractivity contribution in [3.8, 4) is 17.4 Å². The van der Waals surface area contributed by atoms with E-state index in [0.29, 0.717) is 35.1 Å². The van der Waals surface area contributed by atoms with Crippen LogP contribution in [0.2, 0.25) is 5.02 Å². The number of halogens is 1. The van der Waals surface area contributed by atoms with Gasteiger partial charge in [0.05, 0.1) is 18.7 Å². The number of ether oxygens (including phenoxy) is 2. The van der Waals surface area contributed by atoms with Crippen LogP contribution in [0.25, 0.3) is 10.9 Å². The number of para-hydroxylation sites is 3. The summed E-state index contributed by atoms with van der Waals surface area (Å²) >= 11 is 6.30. The molecule has 0 atom stereocenters. The van der Waals surface area contributed by atoms with Gasteiger partial charge < -0.3 is 19.1 Å². The molecule has 4 aromatic rings. The summed E-state index contributed by atoms with van der Waals surface area (Å²) in [5.41, 5.74) is 1.80. The second-order valence-corrected chi connectivity index (χ2v) is 7.54. The van der Waals surface area contributed by atoms with Crippen molar-refractivity contribution in [2.75, 3.05) is 13.2 Å². The minimum atomic E-state index is -0.594. The van der Waals surface area contributed by atoms with Crippen LogP contribution in [-0.4, -0.2) is 28.8 Å². The van der Waals surface area contributed by atoms with E-state index >= 15 is 0 Å². The van der Waals surface area contributed by atoms with E-state index in [-0.39, 0.29) is 18.2 Å². The zero-order valence-electron chi connectivity index (χ0n) is 17.9. The highest BCUT2D eigenvalue weighted by molar-refractivity contribution is 6.31. The van der Waals surface area contributed by atoms with Gasteiger partial charge in [0.15, 0.2) is 23.8 Å². The maximum absolute atomic E-state index is 12.3. The summed E-state index contributed by atoms with van der Waals surface area (Å²) < 4.78 is 12.7. The summed E-state index contributed by atoms with van der Waals surface area (Å²) in [7, 11) is 0. The van der Waals surface area contributed by atoms with E-state index in [4.69, 9.17) is 21.1 Å².